The number of carbonyl (C=O) groups excluding carboxylic acids is 3. The first-order chi connectivity index (χ1) is 31.5. The average molecular weight is 881 g/mol. The number of piperidine rings is 2. The minimum absolute atomic E-state index is 0.204. The third-order valence-corrected chi connectivity index (χ3v) is 14.5. The molecule has 1 aliphatic carbocycles. The Hall–Kier alpha value is -6.46. The van der Waals surface area contributed by atoms with E-state index in [-0.39, 0.29) is 30.0 Å². The molecule has 17 nitrogen and oxygen atoms in total. The minimum atomic E-state index is -1.12. The van der Waals surface area contributed by atoms with Gasteiger partial charge in [0.1, 0.15) is 22.7 Å². The Morgan fingerprint density at radius 1 is 0.831 bits per heavy atom. The normalized spacial score (nSPS) is 23.4. The Morgan fingerprint density at radius 3 is 2.37 bits per heavy atom. The summed E-state index contributed by atoms with van der Waals surface area (Å²) in [6, 6.07) is 17.5. The number of fused-ring (bicyclic) bond motifs is 6. The van der Waals surface area contributed by atoms with Crippen LogP contribution in [0.2, 0.25) is 0 Å². The van der Waals surface area contributed by atoms with E-state index in [1.54, 1.807) is 28.7 Å². The molecule has 1 spiro atoms. The molecule has 10 rings (SSSR count). The zero-order valence-electron chi connectivity index (χ0n) is 36.8. The predicted molar refractivity (Wildman–Crippen MR) is 246 cm³/mol. The summed E-state index contributed by atoms with van der Waals surface area (Å²) in [4.78, 5) is 76.2. The van der Waals surface area contributed by atoms with E-state index in [9.17, 15) is 24.3 Å². The highest BCUT2D eigenvalue weighted by Crippen LogP contribution is 2.46. The van der Waals surface area contributed by atoms with Crippen molar-refractivity contribution in [3.05, 3.63) is 101 Å². The molecule has 1 aromatic carbocycles. The summed E-state index contributed by atoms with van der Waals surface area (Å²) in [5, 5.41) is 19.9. The van der Waals surface area contributed by atoms with Crippen molar-refractivity contribution >= 4 is 51.8 Å². The first-order valence-electron chi connectivity index (χ1n) is 23.1. The van der Waals surface area contributed by atoms with Crippen LogP contribution < -0.4 is 31.3 Å². The van der Waals surface area contributed by atoms with Crippen LogP contribution in [-0.2, 0) is 21.7 Å². The van der Waals surface area contributed by atoms with Crippen molar-refractivity contribution < 1.29 is 19.5 Å². The SMILES string of the molecule is C[C@@]1(O)CC/C=C\Cn2c(=O)c3cnc(Nc4ccc(N5CCN(C6CCC7(CC6)CCN(c6ccnc(C(=O)NC8CCC(=O)NC8=O)c6)CC7)CC5)cc4)nc3n2-c2cccc1n2. The molecule has 338 valence electrons. The highest BCUT2D eigenvalue weighted by atomic mass is 16.3. The number of hydrogen-bond acceptors (Lipinski definition) is 13. The number of aromatic nitrogens is 6. The Balaban J connectivity index is 0.716. The van der Waals surface area contributed by atoms with Crippen LogP contribution in [0.4, 0.5) is 23.0 Å². The van der Waals surface area contributed by atoms with Crippen molar-refractivity contribution in [3.8, 4) is 5.82 Å². The topological polar surface area (TPSA) is 196 Å². The van der Waals surface area contributed by atoms with Gasteiger partial charge in [0.15, 0.2) is 11.5 Å². The van der Waals surface area contributed by atoms with Crippen LogP contribution in [0.5, 0.6) is 0 Å². The third-order valence-electron chi connectivity index (χ3n) is 14.5. The van der Waals surface area contributed by atoms with Crippen molar-refractivity contribution in [2.45, 2.75) is 95.4 Å². The molecule has 5 aliphatic rings. The molecule has 0 radical (unpaired) electrons. The van der Waals surface area contributed by atoms with Crippen LogP contribution in [0.1, 0.15) is 87.3 Å². The maximum atomic E-state index is 13.6. The summed E-state index contributed by atoms with van der Waals surface area (Å²) in [6.45, 7) is 7.98. The highest BCUT2D eigenvalue weighted by Gasteiger charge is 2.40. The summed E-state index contributed by atoms with van der Waals surface area (Å²) in [7, 11) is 0. The molecule has 2 atom stereocenters. The fraction of sp³-hybridized carbons (Fsp3) is 0.458. The average Bonchev–Trinajstić information content (AvgIpc) is 3.59. The van der Waals surface area contributed by atoms with E-state index in [0.717, 1.165) is 63.5 Å². The smallest absolute Gasteiger partial charge is 0.278 e. The Labute approximate surface area is 376 Å². The van der Waals surface area contributed by atoms with Crippen LogP contribution in [0.25, 0.3) is 16.9 Å². The van der Waals surface area contributed by atoms with Crippen LogP contribution in [0, 0.1) is 5.41 Å². The number of aliphatic hydroxyl groups is 1. The molecule has 1 unspecified atom stereocenters. The van der Waals surface area contributed by atoms with Gasteiger partial charge in [-0.1, -0.05) is 18.2 Å². The number of carbonyl (C=O) groups is 3. The largest absolute Gasteiger partial charge is 0.384 e. The van der Waals surface area contributed by atoms with Crippen LogP contribution in [0.15, 0.2) is 83.9 Å². The second-order valence-corrected chi connectivity index (χ2v) is 18.6. The van der Waals surface area contributed by atoms with Gasteiger partial charge in [-0.2, -0.15) is 4.98 Å². The molecule has 8 heterocycles. The Bertz CT molecular complexity index is 2680. The number of piperazine rings is 1. The van der Waals surface area contributed by atoms with E-state index in [0.29, 0.717) is 59.3 Å². The van der Waals surface area contributed by atoms with E-state index in [1.165, 1.54) is 31.4 Å². The number of nitrogens with one attached hydrogen (secondary N) is 3. The number of allylic oxidation sites excluding steroid dienone is 2. The maximum absolute atomic E-state index is 13.6. The number of anilines is 4. The summed E-state index contributed by atoms with van der Waals surface area (Å²) < 4.78 is 3.33. The van der Waals surface area contributed by atoms with E-state index >= 15 is 0 Å². The third kappa shape index (κ3) is 8.74. The Kier molecular flexibility index (Phi) is 11.4. The molecule has 65 heavy (non-hydrogen) atoms. The van der Waals surface area contributed by atoms with Gasteiger partial charge in [-0.15, -0.1) is 0 Å². The van der Waals surface area contributed by atoms with E-state index in [4.69, 9.17) is 9.97 Å². The first-order valence-corrected chi connectivity index (χ1v) is 23.1. The summed E-state index contributed by atoms with van der Waals surface area (Å²) in [5.74, 6) is -0.325. The van der Waals surface area contributed by atoms with Gasteiger partial charge in [-0.05, 0) is 119 Å². The zero-order chi connectivity index (χ0) is 44.7. The lowest BCUT2D eigenvalue weighted by Gasteiger charge is -2.49. The number of benzene rings is 1. The lowest BCUT2D eigenvalue weighted by molar-refractivity contribution is -0.134. The quantitative estimate of drug-likeness (QED) is 0.131. The monoisotopic (exact) mass is 880 g/mol. The van der Waals surface area contributed by atoms with Gasteiger partial charge < -0.3 is 25.5 Å². The molecular weight excluding hydrogens is 825 g/mol. The predicted octanol–water partition coefficient (Wildman–Crippen LogP) is 4.56. The van der Waals surface area contributed by atoms with Gasteiger partial charge in [-0.3, -0.25) is 34.4 Å². The molecule has 1 saturated carbocycles. The summed E-state index contributed by atoms with van der Waals surface area (Å²) in [6.07, 6.45) is 16.0. The number of nitrogens with zero attached hydrogens (tertiary/aromatic N) is 9. The van der Waals surface area contributed by atoms with E-state index in [1.807, 2.05) is 54.6 Å². The molecule has 3 amide bonds. The number of pyridine rings is 2. The van der Waals surface area contributed by atoms with E-state index < -0.39 is 23.5 Å². The lowest BCUT2D eigenvalue weighted by atomic mass is 9.66. The van der Waals surface area contributed by atoms with E-state index in [2.05, 4.69) is 52.8 Å². The minimum Gasteiger partial charge on any atom is -0.384 e. The molecule has 5 aromatic rings. The van der Waals surface area contributed by atoms with Crippen molar-refractivity contribution in [2.24, 2.45) is 5.41 Å². The van der Waals surface area contributed by atoms with Gasteiger partial charge in [-0.25, -0.2) is 19.3 Å². The van der Waals surface area contributed by atoms with Crippen LogP contribution in [-0.4, -0.2) is 108 Å². The van der Waals surface area contributed by atoms with Crippen molar-refractivity contribution in [3.63, 3.8) is 0 Å². The fourth-order valence-corrected chi connectivity index (χ4v) is 10.5. The van der Waals surface area contributed by atoms with Gasteiger partial charge in [0.25, 0.3) is 11.5 Å². The molecule has 4 aromatic heterocycles. The van der Waals surface area contributed by atoms with Crippen molar-refractivity contribution in [1.29, 1.82) is 0 Å². The molecule has 4 fully saturated rings. The highest BCUT2D eigenvalue weighted by molar-refractivity contribution is 6.03. The number of imide groups is 1. The summed E-state index contributed by atoms with van der Waals surface area (Å²) in [5.41, 5.74) is 3.27. The second kappa shape index (κ2) is 17.5. The molecule has 4 N–H and O–H groups in total. The maximum Gasteiger partial charge on any atom is 0.278 e. The van der Waals surface area contributed by atoms with Crippen LogP contribution in [0.3, 0.4) is 0 Å². The Morgan fingerprint density at radius 2 is 1.60 bits per heavy atom. The lowest BCUT2D eigenvalue weighted by Crippen LogP contribution is -2.52. The van der Waals surface area contributed by atoms with Gasteiger partial charge in [0.05, 0.1) is 12.2 Å². The molecule has 2 bridgehead atoms. The zero-order valence-corrected chi connectivity index (χ0v) is 36.8. The van der Waals surface area contributed by atoms with Crippen LogP contribution >= 0.6 is 0 Å². The van der Waals surface area contributed by atoms with Crippen molar-refractivity contribution in [1.82, 2.24) is 44.8 Å². The molecule has 3 saturated heterocycles. The number of hydrogen-bond donors (Lipinski definition) is 4. The summed E-state index contributed by atoms with van der Waals surface area (Å²) >= 11 is 0. The standard InChI is InChI=1S/C48H56N12O5/c1-47(65)17-3-2-4-23-59-45(64)36-31-50-46(55-42(36)60(59)40-7-5-6-39(47)53-40)51-32-8-10-33(11-9-32)57-26-28-58(29-27-57)34-14-18-48(19-15-34)20-24-56(25-21-48)35-16-22-49-38(30-35)44(63)52-37-12-13-41(61)54-43(37)62/h2,4-11,16,22,30-31,34,37,65H,3,12-15,17-21,23-29H2,1H3,(H,52,63)(H,50,51,55)(H,54,61,62)/b4-2-/t37?,47-/m1/s1. The van der Waals surface area contributed by atoms with Gasteiger partial charge in [0.2, 0.25) is 17.8 Å². The number of amides is 3. The number of rotatable bonds is 7. The first kappa shape index (κ1) is 42.5. The second-order valence-electron chi connectivity index (χ2n) is 18.6. The fourth-order valence-electron chi connectivity index (χ4n) is 10.5. The molecule has 17 heteroatoms. The van der Waals surface area contributed by atoms with Gasteiger partial charge >= 0.3 is 0 Å². The molecule has 4 aliphatic heterocycles. The molecular formula is C48H56N12O5. The van der Waals surface area contributed by atoms with Gasteiger partial charge in [0, 0.05) is 81.2 Å². The van der Waals surface area contributed by atoms with Crippen molar-refractivity contribution in [2.75, 3.05) is 54.4 Å².